The third-order valence-corrected chi connectivity index (χ3v) is 6.18. The van der Waals surface area contributed by atoms with Gasteiger partial charge in [0.25, 0.3) is 0 Å². The van der Waals surface area contributed by atoms with Gasteiger partial charge in [0.1, 0.15) is 10.7 Å². The van der Waals surface area contributed by atoms with E-state index in [0.29, 0.717) is 17.3 Å². The van der Waals surface area contributed by atoms with Crippen molar-refractivity contribution in [3.8, 4) is 0 Å². The van der Waals surface area contributed by atoms with Crippen LogP contribution < -0.4 is 5.73 Å². The van der Waals surface area contributed by atoms with Crippen LogP contribution in [0.2, 0.25) is 0 Å². The highest BCUT2D eigenvalue weighted by atomic mass is 79.9. The van der Waals surface area contributed by atoms with Crippen molar-refractivity contribution in [1.82, 2.24) is 4.31 Å². The van der Waals surface area contributed by atoms with Crippen molar-refractivity contribution >= 4 is 26.0 Å². The minimum Gasteiger partial charge on any atom is -0.381 e. The molecule has 0 aromatic heterocycles. The van der Waals surface area contributed by atoms with Crippen LogP contribution in [0.5, 0.6) is 0 Å². The van der Waals surface area contributed by atoms with Crippen LogP contribution in [0.15, 0.2) is 27.6 Å². The van der Waals surface area contributed by atoms with Crippen molar-refractivity contribution in [2.45, 2.75) is 29.9 Å². The molecule has 2 N–H and O–H groups in total. The zero-order valence-corrected chi connectivity index (χ0v) is 14.0. The average molecular weight is 381 g/mol. The van der Waals surface area contributed by atoms with E-state index < -0.39 is 15.8 Å². The monoisotopic (exact) mass is 380 g/mol. The van der Waals surface area contributed by atoms with Gasteiger partial charge in [0, 0.05) is 30.7 Å². The van der Waals surface area contributed by atoms with E-state index in [4.69, 9.17) is 10.5 Å². The molecule has 2 unspecified atom stereocenters. The molecule has 0 spiro atoms. The molecule has 118 valence electrons. The third-order valence-electron chi connectivity index (χ3n) is 3.70. The summed E-state index contributed by atoms with van der Waals surface area (Å²) in [6, 6.07) is 3.54. The number of methoxy groups -OCH3 is 1. The van der Waals surface area contributed by atoms with E-state index in [1.54, 1.807) is 7.11 Å². The van der Waals surface area contributed by atoms with E-state index >= 15 is 0 Å². The smallest absolute Gasteiger partial charge is 0.246 e. The largest absolute Gasteiger partial charge is 0.381 e. The number of halogens is 2. The zero-order chi connectivity index (χ0) is 15.6. The minimum atomic E-state index is -3.90. The molecule has 8 heteroatoms. The molecule has 0 bridgehead atoms. The normalized spacial score (nSPS) is 24.2. The molecule has 2 atom stereocenters. The molecule has 1 saturated heterocycles. The molecule has 1 aliphatic heterocycles. The van der Waals surface area contributed by atoms with E-state index in [2.05, 4.69) is 15.9 Å². The van der Waals surface area contributed by atoms with Crippen molar-refractivity contribution in [2.75, 3.05) is 20.2 Å². The lowest BCUT2D eigenvalue weighted by atomic mass is 10.0. The van der Waals surface area contributed by atoms with Gasteiger partial charge in [-0.25, -0.2) is 12.8 Å². The van der Waals surface area contributed by atoms with Crippen LogP contribution in [0.25, 0.3) is 0 Å². The highest BCUT2D eigenvalue weighted by Gasteiger charge is 2.37. The number of ether oxygens (including phenoxy) is 1. The van der Waals surface area contributed by atoms with Crippen molar-refractivity contribution < 1.29 is 17.5 Å². The van der Waals surface area contributed by atoms with Crippen LogP contribution in [0.4, 0.5) is 4.39 Å². The molecule has 0 radical (unpaired) electrons. The lowest BCUT2D eigenvalue weighted by molar-refractivity contribution is 0.0401. The summed E-state index contributed by atoms with van der Waals surface area (Å²) in [5.41, 5.74) is 5.68. The Kier molecular flexibility index (Phi) is 5.37. The van der Waals surface area contributed by atoms with Gasteiger partial charge in [-0.05, 0) is 31.0 Å². The lowest BCUT2D eigenvalue weighted by Gasteiger charge is -2.37. The highest BCUT2D eigenvalue weighted by molar-refractivity contribution is 9.10. The number of piperidine rings is 1. The topological polar surface area (TPSA) is 72.6 Å². The van der Waals surface area contributed by atoms with Crippen molar-refractivity contribution in [2.24, 2.45) is 5.73 Å². The number of benzene rings is 1. The molecule has 1 fully saturated rings. The maximum absolute atomic E-state index is 14.0. The minimum absolute atomic E-state index is 0.0141. The first-order valence-corrected chi connectivity index (χ1v) is 8.83. The van der Waals surface area contributed by atoms with Gasteiger partial charge in [-0.2, -0.15) is 4.31 Å². The first kappa shape index (κ1) is 16.8. The Bertz CT molecular complexity index is 611. The van der Waals surface area contributed by atoms with Crippen LogP contribution in [0.3, 0.4) is 0 Å². The predicted octanol–water partition coefficient (Wildman–Crippen LogP) is 1.72. The summed E-state index contributed by atoms with van der Waals surface area (Å²) in [6.07, 6.45) is 1.08. The van der Waals surface area contributed by atoms with Crippen LogP contribution in [0.1, 0.15) is 12.8 Å². The lowest BCUT2D eigenvalue weighted by Crippen LogP contribution is -2.51. The molecule has 21 heavy (non-hydrogen) atoms. The molecule has 0 amide bonds. The number of hydrogen-bond acceptors (Lipinski definition) is 4. The fourth-order valence-electron chi connectivity index (χ4n) is 2.55. The maximum atomic E-state index is 14.0. The number of nitrogens with zero attached hydrogens (tertiary/aromatic N) is 1. The van der Waals surface area contributed by atoms with Gasteiger partial charge < -0.3 is 10.5 Å². The number of sulfonamides is 1. The van der Waals surface area contributed by atoms with Gasteiger partial charge in [-0.1, -0.05) is 15.9 Å². The van der Waals surface area contributed by atoms with Gasteiger partial charge in [0.05, 0.1) is 6.10 Å². The summed E-state index contributed by atoms with van der Waals surface area (Å²) in [4.78, 5) is -0.319. The molecule has 1 aliphatic rings. The van der Waals surface area contributed by atoms with E-state index in [9.17, 15) is 12.8 Å². The maximum Gasteiger partial charge on any atom is 0.246 e. The summed E-state index contributed by atoms with van der Waals surface area (Å²) >= 11 is 3.12. The second-order valence-electron chi connectivity index (χ2n) is 4.96. The average Bonchev–Trinajstić information content (AvgIpc) is 2.46. The summed E-state index contributed by atoms with van der Waals surface area (Å²) in [5, 5.41) is 0. The standard InChI is InChI=1S/C13H18BrFN2O3S/c1-20-11-4-5-17(10(7-11)8-16)21(18,19)13-3-2-9(14)6-12(13)15/h2-3,6,10-11H,4-5,7-8,16H2,1H3. The van der Waals surface area contributed by atoms with E-state index in [1.807, 2.05) is 0 Å². The summed E-state index contributed by atoms with van der Waals surface area (Å²) in [7, 11) is -2.31. The molecule has 1 aromatic carbocycles. The molecule has 0 aliphatic carbocycles. The predicted molar refractivity (Wildman–Crippen MR) is 80.9 cm³/mol. The van der Waals surface area contributed by atoms with E-state index in [-0.39, 0.29) is 30.1 Å². The first-order valence-electron chi connectivity index (χ1n) is 6.60. The van der Waals surface area contributed by atoms with Crippen LogP contribution in [-0.4, -0.2) is 45.1 Å². The zero-order valence-electron chi connectivity index (χ0n) is 11.6. The third kappa shape index (κ3) is 3.45. The molecular formula is C13H18BrFN2O3S. The summed E-state index contributed by atoms with van der Waals surface area (Å²) in [6.45, 7) is 0.454. The number of nitrogens with two attached hydrogens (primary N) is 1. The molecule has 1 aromatic rings. The second-order valence-corrected chi connectivity index (χ2v) is 7.74. The van der Waals surface area contributed by atoms with Crippen molar-refractivity contribution in [3.05, 3.63) is 28.5 Å². The number of hydrogen-bond donors (Lipinski definition) is 1. The van der Waals surface area contributed by atoms with Gasteiger partial charge in [-0.15, -0.1) is 0 Å². The highest BCUT2D eigenvalue weighted by Crippen LogP contribution is 2.28. The fraction of sp³-hybridized carbons (Fsp3) is 0.538. The molecule has 1 heterocycles. The van der Waals surface area contributed by atoms with E-state index in [1.165, 1.54) is 16.4 Å². The van der Waals surface area contributed by atoms with E-state index in [0.717, 1.165) is 6.07 Å². The quantitative estimate of drug-likeness (QED) is 0.862. The summed E-state index contributed by atoms with van der Waals surface area (Å²) < 4.78 is 46.4. The molecule has 2 rings (SSSR count). The Balaban J connectivity index is 2.34. The molecular weight excluding hydrogens is 363 g/mol. The van der Waals surface area contributed by atoms with Gasteiger partial charge in [0.2, 0.25) is 10.0 Å². The van der Waals surface area contributed by atoms with Crippen molar-refractivity contribution in [3.63, 3.8) is 0 Å². The van der Waals surface area contributed by atoms with Gasteiger partial charge in [0.15, 0.2) is 0 Å². The second kappa shape index (κ2) is 6.70. The fourth-order valence-corrected chi connectivity index (χ4v) is 4.59. The van der Waals surface area contributed by atoms with Crippen LogP contribution in [-0.2, 0) is 14.8 Å². The van der Waals surface area contributed by atoms with Gasteiger partial charge in [-0.3, -0.25) is 0 Å². The Hall–Kier alpha value is -0.540. The van der Waals surface area contributed by atoms with Crippen LogP contribution >= 0.6 is 15.9 Å². The Labute approximate surface area is 132 Å². The Morgan fingerprint density at radius 3 is 2.81 bits per heavy atom. The first-order chi connectivity index (χ1) is 9.90. The SMILES string of the molecule is COC1CCN(S(=O)(=O)c2ccc(Br)cc2F)C(CN)C1. The Morgan fingerprint density at radius 1 is 1.52 bits per heavy atom. The summed E-state index contributed by atoms with van der Waals surface area (Å²) in [5.74, 6) is -0.769. The van der Waals surface area contributed by atoms with Crippen molar-refractivity contribution in [1.29, 1.82) is 0 Å². The van der Waals surface area contributed by atoms with Crippen LogP contribution in [0, 0.1) is 5.82 Å². The van der Waals surface area contributed by atoms with Gasteiger partial charge >= 0.3 is 0 Å². The Morgan fingerprint density at radius 2 is 2.24 bits per heavy atom. The number of rotatable bonds is 4. The molecule has 0 saturated carbocycles. The molecule has 5 nitrogen and oxygen atoms in total.